The maximum atomic E-state index is 12.7. The molecule has 0 aliphatic carbocycles. The zero-order valence-electron chi connectivity index (χ0n) is 16.1. The van der Waals surface area contributed by atoms with Gasteiger partial charge in [0, 0.05) is 29.9 Å². The van der Waals surface area contributed by atoms with E-state index in [1.165, 1.54) is 6.26 Å². The van der Waals surface area contributed by atoms with E-state index in [-0.39, 0.29) is 5.91 Å². The van der Waals surface area contributed by atoms with Gasteiger partial charge in [-0.2, -0.15) is 0 Å². The highest BCUT2D eigenvalue weighted by molar-refractivity contribution is 7.90. The number of sulfone groups is 1. The molecule has 0 fully saturated rings. The second-order valence-corrected chi connectivity index (χ2v) is 9.50. The average Bonchev–Trinajstić information content (AvgIpc) is 2.66. The van der Waals surface area contributed by atoms with Crippen LogP contribution >= 0.6 is 11.6 Å². The summed E-state index contributed by atoms with van der Waals surface area (Å²) in [6.07, 6.45) is 3.78. The second kappa shape index (κ2) is 8.53. The molecule has 1 aliphatic heterocycles. The van der Waals surface area contributed by atoms with Gasteiger partial charge in [-0.3, -0.25) is 4.79 Å². The number of rotatable bonds is 6. The van der Waals surface area contributed by atoms with Crippen LogP contribution in [0.4, 0.5) is 5.69 Å². The SMILES string of the molecule is Cc1cc(OCCCC(=O)N2CCCc3cc(S(C)(=O)=O)ccc32)ccc1Cl. The maximum absolute atomic E-state index is 12.7. The molecule has 0 aromatic heterocycles. The van der Waals surface area contributed by atoms with E-state index in [4.69, 9.17) is 16.3 Å². The normalized spacial score (nSPS) is 13.9. The first-order valence-electron chi connectivity index (χ1n) is 9.28. The van der Waals surface area contributed by atoms with E-state index in [0.717, 1.165) is 35.4 Å². The Morgan fingerprint density at radius 3 is 2.71 bits per heavy atom. The molecule has 2 aromatic rings. The summed E-state index contributed by atoms with van der Waals surface area (Å²) < 4.78 is 29.2. The number of carbonyl (C=O) groups is 1. The lowest BCUT2D eigenvalue weighted by molar-refractivity contribution is -0.118. The first-order valence-corrected chi connectivity index (χ1v) is 11.5. The number of hydrogen-bond acceptors (Lipinski definition) is 4. The molecule has 28 heavy (non-hydrogen) atoms. The molecular formula is C21H24ClNO4S. The molecule has 0 saturated heterocycles. The molecule has 0 spiro atoms. The predicted molar refractivity (Wildman–Crippen MR) is 111 cm³/mol. The Morgan fingerprint density at radius 1 is 1.21 bits per heavy atom. The summed E-state index contributed by atoms with van der Waals surface area (Å²) in [5, 5.41) is 0.699. The number of aryl methyl sites for hydroxylation is 2. The third-order valence-corrected chi connectivity index (χ3v) is 6.37. The summed E-state index contributed by atoms with van der Waals surface area (Å²) in [7, 11) is -3.25. The molecule has 3 rings (SSSR count). The van der Waals surface area contributed by atoms with Gasteiger partial charge >= 0.3 is 0 Å². The van der Waals surface area contributed by atoms with Crippen LogP contribution in [0.1, 0.15) is 30.4 Å². The van der Waals surface area contributed by atoms with Gasteiger partial charge in [0.25, 0.3) is 0 Å². The molecule has 0 N–H and O–H groups in total. The van der Waals surface area contributed by atoms with Crippen LogP contribution in [0.15, 0.2) is 41.3 Å². The number of anilines is 1. The van der Waals surface area contributed by atoms with Gasteiger partial charge in [0.05, 0.1) is 11.5 Å². The molecule has 1 amide bonds. The summed E-state index contributed by atoms with van der Waals surface area (Å²) in [5.74, 6) is 0.773. The predicted octanol–water partition coefficient (Wildman–Crippen LogP) is 4.19. The van der Waals surface area contributed by atoms with Crippen molar-refractivity contribution in [1.29, 1.82) is 0 Å². The van der Waals surface area contributed by atoms with Gasteiger partial charge in [-0.25, -0.2) is 8.42 Å². The molecular weight excluding hydrogens is 398 g/mol. The second-order valence-electron chi connectivity index (χ2n) is 7.07. The Morgan fingerprint density at radius 2 is 2.00 bits per heavy atom. The Bertz CT molecular complexity index is 988. The standard InChI is InChI=1S/C21H24ClNO4S/c1-15-13-17(7-9-19(15)22)27-12-4-6-21(24)23-11-3-5-16-14-18(28(2,25)26)8-10-20(16)23/h7-10,13-14H,3-6,11-12H2,1-2H3. The molecule has 2 aromatic carbocycles. The minimum atomic E-state index is -3.25. The molecule has 0 radical (unpaired) electrons. The van der Waals surface area contributed by atoms with Crippen molar-refractivity contribution >= 4 is 33.0 Å². The highest BCUT2D eigenvalue weighted by Gasteiger charge is 2.23. The van der Waals surface area contributed by atoms with Crippen molar-refractivity contribution in [2.24, 2.45) is 0 Å². The molecule has 0 saturated carbocycles. The van der Waals surface area contributed by atoms with Crippen LogP contribution in [0, 0.1) is 6.92 Å². The largest absolute Gasteiger partial charge is 0.494 e. The highest BCUT2D eigenvalue weighted by Crippen LogP contribution is 2.30. The fourth-order valence-electron chi connectivity index (χ4n) is 3.32. The van der Waals surface area contributed by atoms with E-state index in [1.807, 2.05) is 19.1 Å². The van der Waals surface area contributed by atoms with Crippen LogP contribution in [-0.2, 0) is 21.1 Å². The Kier molecular flexibility index (Phi) is 6.30. The number of benzene rings is 2. The van der Waals surface area contributed by atoms with Gasteiger partial charge in [-0.1, -0.05) is 11.6 Å². The summed E-state index contributed by atoms with van der Waals surface area (Å²) in [5.41, 5.74) is 2.68. The Hall–Kier alpha value is -2.05. The first kappa shape index (κ1) is 20.7. The molecule has 5 nitrogen and oxygen atoms in total. The topological polar surface area (TPSA) is 63.7 Å². The van der Waals surface area contributed by atoms with E-state index < -0.39 is 9.84 Å². The molecule has 150 valence electrons. The first-order chi connectivity index (χ1) is 13.3. The van der Waals surface area contributed by atoms with Crippen LogP contribution in [-0.4, -0.2) is 33.7 Å². The maximum Gasteiger partial charge on any atom is 0.227 e. The number of ether oxygens (including phenoxy) is 1. The van der Waals surface area contributed by atoms with Crippen molar-refractivity contribution in [3.8, 4) is 5.75 Å². The monoisotopic (exact) mass is 421 g/mol. The van der Waals surface area contributed by atoms with Gasteiger partial charge in [0.2, 0.25) is 5.91 Å². The molecule has 1 heterocycles. The summed E-state index contributed by atoms with van der Waals surface area (Å²) in [6.45, 7) is 3.02. The van der Waals surface area contributed by atoms with Crippen LogP contribution < -0.4 is 9.64 Å². The van der Waals surface area contributed by atoms with E-state index in [9.17, 15) is 13.2 Å². The number of halogens is 1. The van der Waals surface area contributed by atoms with Crippen molar-refractivity contribution < 1.29 is 17.9 Å². The zero-order chi connectivity index (χ0) is 20.3. The van der Waals surface area contributed by atoms with Crippen molar-refractivity contribution in [1.82, 2.24) is 0 Å². The third kappa shape index (κ3) is 4.86. The Labute approximate surface area is 171 Å². The molecule has 1 aliphatic rings. The van der Waals surface area contributed by atoms with Crippen LogP contribution in [0.5, 0.6) is 5.75 Å². The zero-order valence-corrected chi connectivity index (χ0v) is 17.6. The molecule has 0 unspecified atom stereocenters. The quantitative estimate of drug-likeness (QED) is 0.656. The van der Waals surface area contributed by atoms with Gasteiger partial charge in [0.1, 0.15) is 5.75 Å². The molecule has 7 heteroatoms. The number of amides is 1. The van der Waals surface area contributed by atoms with Crippen LogP contribution in [0.25, 0.3) is 0 Å². The molecule has 0 bridgehead atoms. The lowest BCUT2D eigenvalue weighted by atomic mass is 10.0. The fraction of sp³-hybridized carbons (Fsp3) is 0.381. The number of fused-ring (bicyclic) bond motifs is 1. The molecule has 0 atom stereocenters. The Balaban J connectivity index is 1.59. The highest BCUT2D eigenvalue weighted by atomic mass is 35.5. The van der Waals surface area contributed by atoms with Crippen LogP contribution in [0.3, 0.4) is 0 Å². The van der Waals surface area contributed by atoms with E-state index >= 15 is 0 Å². The van der Waals surface area contributed by atoms with E-state index in [0.29, 0.717) is 35.9 Å². The van der Waals surface area contributed by atoms with E-state index in [2.05, 4.69) is 0 Å². The smallest absolute Gasteiger partial charge is 0.227 e. The van der Waals surface area contributed by atoms with Gasteiger partial charge < -0.3 is 9.64 Å². The fourth-order valence-corrected chi connectivity index (χ4v) is 4.11. The van der Waals surface area contributed by atoms with Crippen molar-refractivity contribution in [3.05, 3.63) is 52.5 Å². The third-order valence-electron chi connectivity index (χ3n) is 4.83. The van der Waals surface area contributed by atoms with Gasteiger partial charge in [-0.15, -0.1) is 0 Å². The van der Waals surface area contributed by atoms with Crippen molar-refractivity contribution in [3.63, 3.8) is 0 Å². The minimum Gasteiger partial charge on any atom is -0.494 e. The van der Waals surface area contributed by atoms with E-state index in [1.54, 1.807) is 29.2 Å². The lowest BCUT2D eigenvalue weighted by Gasteiger charge is -2.30. The lowest BCUT2D eigenvalue weighted by Crippen LogP contribution is -2.35. The minimum absolute atomic E-state index is 0.0314. The van der Waals surface area contributed by atoms with Crippen LogP contribution in [0.2, 0.25) is 5.02 Å². The summed E-state index contributed by atoms with van der Waals surface area (Å²) in [6, 6.07) is 10.5. The van der Waals surface area contributed by atoms with Gasteiger partial charge in [0.15, 0.2) is 9.84 Å². The summed E-state index contributed by atoms with van der Waals surface area (Å²) >= 11 is 6.01. The average molecular weight is 422 g/mol. The van der Waals surface area contributed by atoms with Crippen molar-refractivity contribution in [2.75, 3.05) is 24.3 Å². The number of hydrogen-bond donors (Lipinski definition) is 0. The van der Waals surface area contributed by atoms with Crippen molar-refractivity contribution in [2.45, 2.75) is 37.5 Å². The number of carbonyl (C=O) groups excluding carboxylic acids is 1. The van der Waals surface area contributed by atoms with Gasteiger partial charge in [-0.05, 0) is 73.7 Å². The summed E-state index contributed by atoms with van der Waals surface area (Å²) in [4.78, 5) is 14.7. The number of nitrogens with zero attached hydrogens (tertiary/aromatic N) is 1.